The van der Waals surface area contributed by atoms with Gasteiger partial charge in [-0.05, 0) is 56.3 Å². The van der Waals surface area contributed by atoms with E-state index in [9.17, 15) is 20.0 Å². The van der Waals surface area contributed by atoms with E-state index >= 15 is 0 Å². The fourth-order valence-corrected chi connectivity index (χ4v) is 5.36. The quantitative estimate of drug-likeness (QED) is 0.681. The van der Waals surface area contributed by atoms with Crippen molar-refractivity contribution in [1.29, 1.82) is 0 Å². The zero-order chi connectivity index (χ0) is 14.8. The number of nitro groups is 1. The van der Waals surface area contributed by atoms with Crippen LogP contribution < -0.4 is 0 Å². The number of hydrogen-bond donors (Lipinski definition) is 1. The van der Waals surface area contributed by atoms with Gasteiger partial charge in [0, 0.05) is 0 Å². The van der Waals surface area contributed by atoms with Crippen LogP contribution in [0.5, 0.6) is 0 Å². The van der Waals surface area contributed by atoms with E-state index in [1.54, 1.807) is 0 Å². The highest BCUT2D eigenvalue weighted by molar-refractivity contribution is 5.90. The highest BCUT2D eigenvalue weighted by Crippen LogP contribution is 2.59. The predicted molar refractivity (Wildman–Crippen MR) is 72.0 cm³/mol. The van der Waals surface area contributed by atoms with Crippen molar-refractivity contribution in [3.8, 4) is 0 Å². The molecule has 0 unspecified atom stereocenters. The van der Waals surface area contributed by atoms with Crippen LogP contribution in [-0.2, 0) is 5.54 Å². The van der Waals surface area contributed by atoms with Crippen molar-refractivity contribution in [2.24, 2.45) is 17.8 Å². The van der Waals surface area contributed by atoms with Crippen LogP contribution in [0, 0.1) is 27.9 Å². The van der Waals surface area contributed by atoms with Crippen molar-refractivity contribution in [3.05, 3.63) is 22.0 Å². The molecule has 4 bridgehead atoms. The van der Waals surface area contributed by atoms with Gasteiger partial charge in [-0.3, -0.25) is 10.1 Å². The van der Waals surface area contributed by atoms with E-state index in [0.717, 1.165) is 25.5 Å². The van der Waals surface area contributed by atoms with Gasteiger partial charge in [0.1, 0.15) is 6.20 Å². The average molecular weight is 291 g/mol. The normalized spacial score (nSPS) is 36.9. The van der Waals surface area contributed by atoms with Crippen molar-refractivity contribution >= 4 is 11.7 Å². The van der Waals surface area contributed by atoms with Crippen molar-refractivity contribution in [2.45, 2.75) is 44.1 Å². The Balaban J connectivity index is 1.83. The van der Waals surface area contributed by atoms with Crippen LogP contribution >= 0.6 is 0 Å². The smallest absolute Gasteiger partial charge is 0.361 e. The summed E-state index contributed by atoms with van der Waals surface area (Å²) in [7, 11) is 0. The van der Waals surface area contributed by atoms with Gasteiger partial charge in [0.05, 0.1) is 10.5 Å². The summed E-state index contributed by atoms with van der Waals surface area (Å²) in [5.41, 5.74) is -0.948. The second kappa shape index (κ2) is 4.05. The molecule has 7 nitrogen and oxygen atoms in total. The van der Waals surface area contributed by atoms with E-state index in [1.165, 1.54) is 23.9 Å². The highest BCUT2D eigenvalue weighted by atomic mass is 16.6. The minimum absolute atomic E-state index is 0.248. The Bertz CT molecular complexity index is 601. The molecule has 112 valence electrons. The van der Waals surface area contributed by atoms with E-state index in [-0.39, 0.29) is 11.2 Å². The van der Waals surface area contributed by atoms with Gasteiger partial charge in [-0.15, -0.1) is 0 Å². The summed E-state index contributed by atoms with van der Waals surface area (Å²) >= 11 is 0. The Hall–Kier alpha value is -1.92. The molecular formula is C14H17N3O4. The molecule has 4 saturated carbocycles. The monoisotopic (exact) mass is 291 g/mol. The van der Waals surface area contributed by atoms with Crippen molar-refractivity contribution in [1.82, 2.24) is 9.78 Å². The third kappa shape index (κ3) is 1.72. The number of hydrogen-bond acceptors (Lipinski definition) is 4. The summed E-state index contributed by atoms with van der Waals surface area (Å²) in [6.45, 7) is 0. The molecule has 0 aromatic carbocycles. The zero-order valence-electron chi connectivity index (χ0n) is 11.6. The molecule has 0 amide bonds. The number of carbonyl (C=O) groups is 1. The van der Waals surface area contributed by atoms with Gasteiger partial charge in [0.15, 0.2) is 0 Å². The molecule has 0 atom stereocenters. The van der Waals surface area contributed by atoms with Gasteiger partial charge in [-0.2, -0.15) is 5.10 Å². The third-order valence-corrected chi connectivity index (χ3v) is 5.60. The molecule has 21 heavy (non-hydrogen) atoms. The minimum atomic E-state index is -1.25. The topological polar surface area (TPSA) is 98.3 Å². The maximum atomic E-state index is 11.5. The van der Waals surface area contributed by atoms with Crippen molar-refractivity contribution < 1.29 is 14.8 Å². The molecule has 0 aliphatic heterocycles. The van der Waals surface area contributed by atoms with Crippen LogP contribution in [0.3, 0.4) is 0 Å². The fourth-order valence-electron chi connectivity index (χ4n) is 5.36. The Kier molecular flexibility index (Phi) is 2.47. The van der Waals surface area contributed by atoms with E-state index in [0.29, 0.717) is 17.8 Å². The second-order valence-corrected chi connectivity index (χ2v) is 6.99. The largest absolute Gasteiger partial charge is 0.476 e. The summed E-state index contributed by atoms with van der Waals surface area (Å²) in [5.74, 6) is 0.624. The molecule has 0 saturated heterocycles. The number of rotatable bonds is 3. The molecule has 1 aromatic rings. The van der Waals surface area contributed by atoms with Gasteiger partial charge in [0.2, 0.25) is 5.69 Å². The number of aromatic nitrogens is 2. The molecule has 1 aromatic heterocycles. The zero-order valence-corrected chi connectivity index (χ0v) is 11.6. The van der Waals surface area contributed by atoms with Crippen molar-refractivity contribution in [3.63, 3.8) is 0 Å². The van der Waals surface area contributed by atoms with Crippen molar-refractivity contribution in [2.75, 3.05) is 0 Å². The minimum Gasteiger partial charge on any atom is -0.476 e. The lowest BCUT2D eigenvalue weighted by atomic mass is 9.53. The summed E-state index contributed by atoms with van der Waals surface area (Å²) in [6.07, 6.45) is 7.53. The maximum Gasteiger partial charge on any atom is 0.361 e. The van der Waals surface area contributed by atoms with Gasteiger partial charge < -0.3 is 5.11 Å². The van der Waals surface area contributed by atoms with Gasteiger partial charge in [-0.25, -0.2) is 9.48 Å². The van der Waals surface area contributed by atoms with E-state index in [4.69, 9.17) is 0 Å². The lowest BCUT2D eigenvalue weighted by molar-refractivity contribution is -0.385. The number of carboxylic acid groups (broad SMARTS) is 1. The molecule has 0 radical (unpaired) electrons. The summed E-state index contributed by atoms with van der Waals surface area (Å²) < 4.78 is 1.48. The number of aromatic carboxylic acids is 1. The molecule has 7 heteroatoms. The van der Waals surface area contributed by atoms with Crippen LogP contribution in [0.1, 0.15) is 49.0 Å². The van der Waals surface area contributed by atoms with Gasteiger partial charge in [-0.1, -0.05) is 0 Å². The number of nitrogens with zero attached hydrogens (tertiary/aromatic N) is 3. The first-order valence-electron chi connectivity index (χ1n) is 7.45. The molecule has 4 aliphatic carbocycles. The van der Waals surface area contributed by atoms with Crippen LogP contribution in [0.25, 0.3) is 0 Å². The molecule has 4 aliphatic rings. The molecule has 1 N–H and O–H groups in total. The summed E-state index contributed by atoms with van der Waals surface area (Å²) in [5, 5.41) is 24.6. The van der Waals surface area contributed by atoms with Gasteiger partial charge in [0.25, 0.3) is 0 Å². The highest BCUT2D eigenvalue weighted by Gasteiger charge is 2.54. The lowest BCUT2D eigenvalue weighted by Crippen LogP contribution is -2.52. The Morgan fingerprint density at radius 2 is 1.81 bits per heavy atom. The van der Waals surface area contributed by atoms with Crippen LogP contribution in [0.4, 0.5) is 5.69 Å². The molecule has 0 spiro atoms. The fraction of sp³-hybridized carbons (Fsp3) is 0.714. The van der Waals surface area contributed by atoms with E-state index in [1.807, 2.05) is 0 Å². The summed E-state index contributed by atoms with van der Waals surface area (Å²) in [6, 6.07) is 0. The SMILES string of the molecule is O=C(O)c1c([N+](=O)[O-])cnn1C12CC3CC(CC(C3)C1)C2. The first kappa shape index (κ1) is 12.8. The second-order valence-electron chi connectivity index (χ2n) is 6.99. The van der Waals surface area contributed by atoms with Crippen LogP contribution in [-0.4, -0.2) is 25.8 Å². The summed E-state index contributed by atoms with van der Waals surface area (Å²) in [4.78, 5) is 21.9. The number of carboxylic acids is 1. The average Bonchev–Trinajstić information content (AvgIpc) is 2.82. The molecular weight excluding hydrogens is 274 g/mol. The standard InChI is InChI=1S/C14H17N3O4/c18-13(19)12-11(17(20)21)7-15-16(12)14-4-8-1-9(5-14)3-10(2-8)6-14/h7-10H,1-6H2,(H,18,19). The molecule has 1 heterocycles. The van der Waals surface area contributed by atoms with Gasteiger partial charge >= 0.3 is 11.7 Å². The molecule has 5 rings (SSSR count). The molecule has 4 fully saturated rings. The lowest BCUT2D eigenvalue weighted by Gasteiger charge is -2.56. The van der Waals surface area contributed by atoms with E-state index < -0.39 is 16.6 Å². The predicted octanol–water partition coefficient (Wildman–Crippen LogP) is 2.41. The van der Waals surface area contributed by atoms with Crippen LogP contribution in [0.2, 0.25) is 0 Å². The first-order chi connectivity index (χ1) is 9.98. The maximum absolute atomic E-state index is 11.5. The van der Waals surface area contributed by atoms with E-state index in [2.05, 4.69) is 5.10 Å². The third-order valence-electron chi connectivity index (χ3n) is 5.60. The Morgan fingerprint density at radius 1 is 1.29 bits per heavy atom. The Labute approximate surface area is 121 Å². The van der Waals surface area contributed by atoms with Crippen LogP contribution in [0.15, 0.2) is 6.20 Å². The Morgan fingerprint density at radius 3 is 2.24 bits per heavy atom. The first-order valence-corrected chi connectivity index (χ1v) is 7.45.